The summed E-state index contributed by atoms with van der Waals surface area (Å²) in [6, 6.07) is 0. The third-order valence-corrected chi connectivity index (χ3v) is 2.85. The van der Waals surface area contributed by atoms with Gasteiger partial charge in [-0.3, -0.25) is 0 Å². The van der Waals surface area contributed by atoms with E-state index in [1.807, 2.05) is 18.4 Å². The zero-order valence-electron chi connectivity index (χ0n) is 8.74. The summed E-state index contributed by atoms with van der Waals surface area (Å²) >= 11 is 6.35. The SMILES string of the molecule is CC(C)(C)N1C=C2C=CC=CN2B1Cl. The van der Waals surface area contributed by atoms with Gasteiger partial charge in [0.25, 0.3) is 0 Å². The van der Waals surface area contributed by atoms with Crippen LogP contribution in [-0.2, 0) is 0 Å². The second-order valence-electron chi connectivity index (χ2n) is 4.55. The number of fused-ring (bicyclic) bond motifs is 1. The molecular weight excluding hydrogens is 194 g/mol. The van der Waals surface area contributed by atoms with Crippen LogP contribution in [0.1, 0.15) is 20.8 Å². The third-order valence-electron chi connectivity index (χ3n) is 2.43. The lowest BCUT2D eigenvalue weighted by molar-refractivity contribution is 0.327. The van der Waals surface area contributed by atoms with Crippen LogP contribution in [0.4, 0.5) is 0 Å². The molecule has 4 heteroatoms. The van der Waals surface area contributed by atoms with Gasteiger partial charge < -0.3 is 9.62 Å². The number of hydrogen-bond donors (Lipinski definition) is 0. The summed E-state index contributed by atoms with van der Waals surface area (Å²) in [5.41, 5.74) is 1.21. The van der Waals surface area contributed by atoms with Crippen molar-refractivity contribution in [1.82, 2.24) is 9.62 Å². The third kappa shape index (κ3) is 1.46. The van der Waals surface area contributed by atoms with E-state index in [-0.39, 0.29) is 11.9 Å². The Balaban J connectivity index is 2.30. The summed E-state index contributed by atoms with van der Waals surface area (Å²) in [4.78, 5) is 4.22. The van der Waals surface area contributed by atoms with E-state index in [1.165, 1.54) is 0 Å². The van der Waals surface area contributed by atoms with Crippen LogP contribution in [0, 0.1) is 0 Å². The van der Waals surface area contributed by atoms with E-state index in [9.17, 15) is 0 Å². The molecule has 0 aromatic rings. The van der Waals surface area contributed by atoms with Crippen molar-refractivity contribution in [3.05, 3.63) is 36.3 Å². The molecule has 2 rings (SSSR count). The molecule has 0 amide bonds. The molecule has 0 aliphatic carbocycles. The fourth-order valence-electron chi connectivity index (χ4n) is 1.62. The smallest absolute Gasteiger partial charge is 0.382 e. The number of nitrogens with zero attached hydrogens (tertiary/aromatic N) is 2. The first-order chi connectivity index (χ1) is 6.50. The summed E-state index contributed by atoms with van der Waals surface area (Å²) in [5, 5.41) is 0. The fraction of sp³-hybridized carbons (Fsp3) is 0.400. The van der Waals surface area contributed by atoms with Gasteiger partial charge >= 0.3 is 6.40 Å². The van der Waals surface area contributed by atoms with E-state index in [0.717, 1.165) is 5.70 Å². The van der Waals surface area contributed by atoms with E-state index in [4.69, 9.17) is 11.5 Å². The van der Waals surface area contributed by atoms with Crippen LogP contribution in [0.3, 0.4) is 0 Å². The molecule has 0 atom stereocenters. The van der Waals surface area contributed by atoms with Gasteiger partial charge in [0.2, 0.25) is 0 Å². The Morgan fingerprint density at radius 2 is 2.00 bits per heavy atom. The molecule has 0 spiro atoms. The molecule has 2 aliphatic rings. The lowest BCUT2D eigenvalue weighted by atomic mass is 9.95. The molecule has 0 radical (unpaired) electrons. The van der Waals surface area contributed by atoms with Crippen LogP contribution in [0.25, 0.3) is 0 Å². The van der Waals surface area contributed by atoms with Gasteiger partial charge in [0.1, 0.15) is 0 Å². The number of allylic oxidation sites excluding steroid dienone is 3. The Morgan fingerprint density at radius 3 is 2.57 bits per heavy atom. The molecule has 0 saturated carbocycles. The van der Waals surface area contributed by atoms with Crippen LogP contribution in [0.5, 0.6) is 0 Å². The van der Waals surface area contributed by atoms with Crippen molar-refractivity contribution in [3.63, 3.8) is 0 Å². The zero-order chi connectivity index (χ0) is 10.3. The van der Waals surface area contributed by atoms with E-state index in [2.05, 4.69) is 42.7 Å². The summed E-state index contributed by atoms with van der Waals surface area (Å²) in [5.74, 6) is 0. The fourth-order valence-corrected chi connectivity index (χ4v) is 2.15. The van der Waals surface area contributed by atoms with Gasteiger partial charge in [-0.15, -0.1) is 11.5 Å². The number of rotatable bonds is 0. The lowest BCUT2D eigenvalue weighted by Gasteiger charge is -2.34. The van der Waals surface area contributed by atoms with Gasteiger partial charge in [0, 0.05) is 17.4 Å². The van der Waals surface area contributed by atoms with Gasteiger partial charge in [-0.2, -0.15) is 0 Å². The molecule has 2 heterocycles. The first kappa shape index (κ1) is 9.72. The van der Waals surface area contributed by atoms with Crippen LogP contribution < -0.4 is 0 Å². The van der Waals surface area contributed by atoms with Gasteiger partial charge in [0.15, 0.2) is 0 Å². The summed E-state index contributed by atoms with van der Waals surface area (Å²) < 4.78 is 0. The summed E-state index contributed by atoms with van der Waals surface area (Å²) in [6.45, 7) is 6.47. The molecule has 0 fully saturated rings. The highest BCUT2D eigenvalue weighted by Crippen LogP contribution is 2.31. The molecule has 0 aromatic heterocycles. The maximum absolute atomic E-state index is 6.35. The van der Waals surface area contributed by atoms with E-state index >= 15 is 0 Å². The second kappa shape index (κ2) is 3.09. The number of hydrogen-bond acceptors (Lipinski definition) is 2. The van der Waals surface area contributed by atoms with Gasteiger partial charge in [-0.05, 0) is 39.1 Å². The first-order valence-corrected chi connectivity index (χ1v) is 5.21. The van der Waals surface area contributed by atoms with E-state index < -0.39 is 0 Å². The summed E-state index contributed by atoms with van der Waals surface area (Å²) in [6.07, 6.45) is 10.1. The number of halogens is 1. The molecule has 0 saturated heterocycles. The minimum atomic E-state index is -0.105. The minimum absolute atomic E-state index is 0.0540. The highest BCUT2D eigenvalue weighted by molar-refractivity contribution is 7.04. The standard InChI is InChI=1S/C10H14BClN2/c1-10(2,3)14-8-9-6-4-5-7-13(9)11(14)12/h4-8H,1-3H3. The van der Waals surface area contributed by atoms with Crippen molar-refractivity contribution in [2.45, 2.75) is 26.3 Å². The molecule has 0 aromatic carbocycles. The van der Waals surface area contributed by atoms with Crippen LogP contribution in [0.15, 0.2) is 36.3 Å². The lowest BCUT2D eigenvalue weighted by Crippen LogP contribution is -2.47. The van der Waals surface area contributed by atoms with Gasteiger partial charge in [-0.25, -0.2) is 0 Å². The van der Waals surface area contributed by atoms with E-state index in [1.54, 1.807) is 0 Å². The molecule has 0 N–H and O–H groups in total. The largest absolute Gasteiger partial charge is 0.489 e. The Kier molecular flexibility index (Phi) is 2.15. The van der Waals surface area contributed by atoms with Crippen molar-refractivity contribution < 1.29 is 0 Å². The van der Waals surface area contributed by atoms with Crippen LogP contribution in [0.2, 0.25) is 0 Å². The Hall–Kier alpha value is -0.825. The molecule has 0 unspecified atom stereocenters. The topological polar surface area (TPSA) is 6.48 Å². The second-order valence-corrected chi connectivity index (χ2v) is 4.94. The predicted molar refractivity (Wildman–Crippen MR) is 61.4 cm³/mol. The van der Waals surface area contributed by atoms with Gasteiger partial charge in [0.05, 0.1) is 0 Å². The molecule has 74 valence electrons. The quantitative estimate of drug-likeness (QED) is 0.565. The molecular formula is C10H14BClN2. The van der Waals surface area contributed by atoms with Crippen LogP contribution in [-0.4, -0.2) is 21.6 Å². The molecule has 0 bridgehead atoms. The molecule has 2 aliphatic heterocycles. The predicted octanol–water partition coefficient (Wildman–Crippen LogP) is 2.55. The average Bonchev–Trinajstić information content (AvgIpc) is 2.44. The molecule has 14 heavy (non-hydrogen) atoms. The maximum Gasteiger partial charge on any atom is 0.489 e. The summed E-state index contributed by atoms with van der Waals surface area (Å²) in [7, 11) is 0. The highest BCUT2D eigenvalue weighted by Gasteiger charge is 2.39. The van der Waals surface area contributed by atoms with Crippen molar-refractivity contribution >= 4 is 17.9 Å². The monoisotopic (exact) mass is 208 g/mol. The molecule has 2 nitrogen and oxygen atoms in total. The van der Waals surface area contributed by atoms with Gasteiger partial charge in [-0.1, -0.05) is 6.08 Å². The van der Waals surface area contributed by atoms with Crippen molar-refractivity contribution in [3.8, 4) is 0 Å². The van der Waals surface area contributed by atoms with Crippen LogP contribution >= 0.6 is 11.5 Å². The normalized spacial score (nSPS) is 20.3. The minimum Gasteiger partial charge on any atom is -0.382 e. The van der Waals surface area contributed by atoms with Crippen molar-refractivity contribution in [2.75, 3.05) is 0 Å². The average molecular weight is 209 g/mol. The highest BCUT2D eigenvalue weighted by atomic mass is 35.5. The first-order valence-electron chi connectivity index (χ1n) is 4.78. The van der Waals surface area contributed by atoms with Crippen molar-refractivity contribution in [2.24, 2.45) is 0 Å². The Bertz CT molecular complexity index is 328. The van der Waals surface area contributed by atoms with Crippen molar-refractivity contribution in [1.29, 1.82) is 0 Å². The Labute approximate surface area is 90.6 Å². The zero-order valence-corrected chi connectivity index (χ0v) is 9.49. The van der Waals surface area contributed by atoms with E-state index in [0.29, 0.717) is 0 Å². The maximum atomic E-state index is 6.35. The Morgan fingerprint density at radius 1 is 1.29 bits per heavy atom.